The summed E-state index contributed by atoms with van der Waals surface area (Å²) in [6.45, 7) is 10.7. The van der Waals surface area contributed by atoms with Crippen LogP contribution in [-0.4, -0.2) is 44.2 Å². The van der Waals surface area contributed by atoms with Crippen molar-refractivity contribution in [3.8, 4) is 0 Å². The van der Waals surface area contributed by atoms with Crippen molar-refractivity contribution in [3.05, 3.63) is 23.5 Å². The second-order valence-corrected chi connectivity index (χ2v) is 7.67. The fourth-order valence-corrected chi connectivity index (χ4v) is 2.70. The fraction of sp³-hybridized carbons (Fsp3) is 0.714. The Hall–Kier alpha value is -1.37. The molecule has 0 aliphatic heterocycles. The Morgan fingerprint density at radius 2 is 1.78 bits per heavy atom. The minimum absolute atomic E-state index is 0.112. The zero-order valence-electron chi connectivity index (χ0n) is 17.3. The van der Waals surface area contributed by atoms with Crippen LogP contribution in [0.15, 0.2) is 12.1 Å². The number of hydrogen-bond acceptors (Lipinski definition) is 5. The van der Waals surface area contributed by atoms with Crippen LogP contribution in [0.4, 0.5) is 15.8 Å². The van der Waals surface area contributed by atoms with E-state index in [0.717, 1.165) is 31.2 Å². The third kappa shape index (κ3) is 8.45. The molecule has 1 aromatic carbocycles. The number of benzene rings is 1. The first-order valence-corrected chi connectivity index (χ1v) is 9.98. The molecule has 27 heavy (non-hydrogen) atoms. The maximum Gasteiger partial charge on any atom is 0.148 e. The fourth-order valence-electron chi connectivity index (χ4n) is 2.70. The lowest BCUT2D eigenvalue weighted by Crippen LogP contribution is -2.29. The summed E-state index contributed by atoms with van der Waals surface area (Å²) in [5, 5.41) is 13.2. The number of halogens is 1. The van der Waals surface area contributed by atoms with Gasteiger partial charge in [-0.1, -0.05) is 40.5 Å². The first-order chi connectivity index (χ1) is 12.8. The third-order valence-electron chi connectivity index (χ3n) is 4.45. The van der Waals surface area contributed by atoms with Gasteiger partial charge in [0.15, 0.2) is 0 Å². The van der Waals surface area contributed by atoms with Gasteiger partial charge in [0.25, 0.3) is 0 Å². The van der Waals surface area contributed by atoms with Crippen LogP contribution in [-0.2, 0) is 14.9 Å². The molecule has 0 fully saturated rings. The Kier molecular flexibility index (Phi) is 10.7. The molecule has 0 saturated heterocycles. The first kappa shape index (κ1) is 23.7. The van der Waals surface area contributed by atoms with E-state index in [1.807, 2.05) is 13.8 Å². The van der Waals surface area contributed by atoms with Crippen LogP contribution in [0.2, 0.25) is 0 Å². The summed E-state index contributed by atoms with van der Waals surface area (Å²) >= 11 is 0. The van der Waals surface area contributed by atoms with Crippen molar-refractivity contribution in [1.29, 1.82) is 0 Å². The molecular weight excluding hydrogens is 347 g/mol. The molecule has 6 heteroatoms. The Morgan fingerprint density at radius 3 is 2.41 bits per heavy atom. The van der Waals surface area contributed by atoms with Gasteiger partial charge in [0.2, 0.25) is 0 Å². The molecule has 156 valence electrons. The summed E-state index contributed by atoms with van der Waals surface area (Å²) in [5.41, 5.74) is 7.06. The minimum atomic E-state index is -0.667. The highest BCUT2D eigenvalue weighted by Gasteiger charge is 2.26. The van der Waals surface area contributed by atoms with Gasteiger partial charge in [-0.2, -0.15) is 0 Å². The zero-order chi connectivity index (χ0) is 20.3. The number of unbranched alkanes of at least 4 members (excludes halogenated alkanes) is 2. The van der Waals surface area contributed by atoms with Crippen molar-refractivity contribution in [2.45, 2.75) is 64.9 Å². The monoisotopic (exact) mass is 384 g/mol. The van der Waals surface area contributed by atoms with Crippen molar-refractivity contribution in [2.24, 2.45) is 0 Å². The number of hydrogen-bond donors (Lipinski definition) is 3. The number of nitrogens with one attached hydrogen (secondary N) is 1. The molecule has 0 radical (unpaired) electrons. The molecule has 0 spiro atoms. The molecule has 0 aliphatic carbocycles. The van der Waals surface area contributed by atoms with Crippen LogP contribution in [0, 0.1) is 5.82 Å². The van der Waals surface area contributed by atoms with Gasteiger partial charge in [-0.3, -0.25) is 0 Å². The maximum absolute atomic E-state index is 14.0. The SMILES string of the molecule is CCCCOC[C@H](O)CNc1cc(F)c(N)cc1C(C)(C)COCCCC. The summed E-state index contributed by atoms with van der Waals surface area (Å²) in [5.74, 6) is -0.474. The molecule has 0 unspecified atom stereocenters. The van der Waals surface area contributed by atoms with Crippen molar-refractivity contribution in [3.63, 3.8) is 0 Å². The molecule has 5 nitrogen and oxygen atoms in total. The smallest absolute Gasteiger partial charge is 0.148 e. The summed E-state index contributed by atoms with van der Waals surface area (Å²) in [7, 11) is 0. The highest BCUT2D eigenvalue weighted by molar-refractivity contribution is 5.61. The van der Waals surface area contributed by atoms with Gasteiger partial charge >= 0.3 is 0 Å². The third-order valence-corrected chi connectivity index (χ3v) is 4.45. The van der Waals surface area contributed by atoms with Crippen LogP contribution in [0.25, 0.3) is 0 Å². The van der Waals surface area contributed by atoms with Gasteiger partial charge in [-0.05, 0) is 30.5 Å². The lowest BCUT2D eigenvalue weighted by molar-refractivity contribution is 0.0421. The van der Waals surface area contributed by atoms with Gasteiger partial charge in [0, 0.05) is 30.9 Å². The highest BCUT2D eigenvalue weighted by Crippen LogP contribution is 2.33. The van der Waals surface area contributed by atoms with E-state index in [4.69, 9.17) is 15.2 Å². The molecule has 1 atom stereocenters. The summed E-state index contributed by atoms with van der Waals surface area (Å²) in [4.78, 5) is 0. The predicted molar refractivity (Wildman–Crippen MR) is 110 cm³/mol. The topological polar surface area (TPSA) is 76.7 Å². The molecule has 1 aromatic rings. The van der Waals surface area contributed by atoms with E-state index in [1.54, 1.807) is 6.07 Å². The maximum atomic E-state index is 14.0. The number of nitrogens with two attached hydrogens (primary N) is 1. The molecular formula is C21H37FN2O3. The first-order valence-electron chi connectivity index (χ1n) is 9.98. The molecule has 0 heterocycles. The van der Waals surface area contributed by atoms with E-state index in [2.05, 4.69) is 19.2 Å². The van der Waals surface area contributed by atoms with Gasteiger partial charge in [0.1, 0.15) is 5.82 Å². The van der Waals surface area contributed by atoms with Crippen molar-refractivity contribution < 1.29 is 19.0 Å². The number of anilines is 2. The summed E-state index contributed by atoms with van der Waals surface area (Å²) in [6, 6.07) is 3.05. The van der Waals surface area contributed by atoms with Gasteiger partial charge in [0.05, 0.1) is 25.0 Å². The van der Waals surface area contributed by atoms with E-state index in [9.17, 15) is 9.50 Å². The van der Waals surface area contributed by atoms with Crippen molar-refractivity contribution in [2.75, 3.05) is 44.0 Å². The molecule has 0 amide bonds. The Bertz CT molecular complexity index is 552. The van der Waals surface area contributed by atoms with E-state index in [1.165, 1.54) is 6.07 Å². The predicted octanol–water partition coefficient (Wildman–Crippen LogP) is 4.09. The largest absolute Gasteiger partial charge is 0.396 e. The average molecular weight is 385 g/mol. The molecule has 4 N–H and O–H groups in total. The number of rotatable bonds is 14. The van der Waals surface area contributed by atoms with Gasteiger partial charge < -0.3 is 25.6 Å². The highest BCUT2D eigenvalue weighted by atomic mass is 19.1. The van der Waals surface area contributed by atoms with Crippen LogP contribution in [0.1, 0.15) is 58.9 Å². The summed E-state index contributed by atoms with van der Waals surface area (Å²) in [6.07, 6.45) is 3.45. The molecule has 0 aliphatic rings. The number of ether oxygens (including phenoxy) is 2. The quantitative estimate of drug-likeness (QED) is 0.333. The average Bonchev–Trinajstić information content (AvgIpc) is 2.63. The Morgan fingerprint density at radius 1 is 1.15 bits per heavy atom. The van der Waals surface area contributed by atoms with Crippen LogP contribution in [0.5, 0.6) is 0 Å². The molecule has 1 rings (SSSR count). The van der Waals surface area contributed by atoms with Gasteiger partial charge in [-0.25, -0.2) is 4.39 Å². The minimum Gasteiger partial charge on any atom is -0.396 e. The van der Waals surface area contributed by atoms with E-state index in [0.29, 0.717) is 25.5 Å². The van der Waals surface area contributed by atoms with Crippen LogP contribution < -0.4 is 11.1 Å². The van der Waals surface area contributed by atoms with Crippen LogP contribution in [0.3, 0.4) is 0 Å². The second kappa shape index (κ2) is 12.2. The van der Waals surface area contributed by atoms with E-state index < -0.39 is 11.9 Å². The van der Waals surface area contributed by atoms with Crippen molar-refractivity contribution >= 4 is 11.4 Å². The summed E-state index contributed by atoms with van der Waals surface area (Å²) < 4.78 is 25.3. The number of aliphatic hydroxyl groups excluding tert-OH is 1. The lowest BCUT2D eigenvalue weighted by Gasteiger charge is -2.29. The normalized spacial score (nSPS) is 13.0. The molecule has 0 aromatic heterocycles. The van der Waals surface area contributed by atoms with Crippen LogP contribution >= 0.6 is 0 Å². The van der Waals surface area contributed by atoms with Crippen molar-refractivity contribution in [1.82, 2.24) is 0 Å². The Labute approximate surface area is 163 Å². The van der Waals surface area contributed by atoms with E-state index >= 15 is 0 Å². The van der Waals surface area contributed by atoms with E-state index in [-0.39, 0.29) is 24.3 Å². The molecule has 0 saturated carbocycles. The number of aliphatic hydroxyl groups is 1. The van der Waals surface area contributed by atoms with Gasteiger partial charge in [-0.15, -0.1) is 0 Å². The lowest BCUT2D eigenvalue weighted by atomic mass is 9.83. The second-order valence-electron chi connectivity index (χ2n) is 7.67. The Balaban J connectivity index is 2.76. The zero-order valence-corrected chi connectivity index (χ0v) is 17.3. The standard InChI is InChI=1S/C21H37FN2O3/c1-5-7-9-26-14-16(25)13-24-20-12-18(22)19(23)11-17(20)21(3,4)15-27-10-8-6-2/h11-12,16,24-25H,5-10,13-15,23H2,1-4H3/t16-/m1/s1. The molecule has 0 bridgehead atoms. The number of nitrogen functional groups attached to an aromatic ring is 1.